The first-order valence-electron chi connectivity index (χ1n) is 6.90. The van der Waals surface area contributed by atoms with Gasteiger partial charge in [0.1, 0.15) is 0 Å². The summed E-state index contributed by atoms with van der Waals surface area (Å²) in [4.78, 5) is 23.5. The van der Waals surface area contributed by atoms with E-state index in [0.717, 1.165) is 0 Å². The van der Waals surface area contributed by atoms with Crippen LogP contribution in [0.25, 0.3) is 0 Å². The van der Waals surface area contributed by atoms with Crippen LogP contribution in [0.2, 0.25) is 0 Å². The van der Waals surface area contributed by atoms with Gasteiger partial charge in [-0.15, -0.1) is 10.2 Å². The van der Waals surface area contributed by atoms with E-state index in [2.05, 4.69) is 36.8 Å². The van der Waals surface area contributed by atoms with Gasteiger partial charge in [-0.25, -0.2) is 4.68 Å². The van der Waals surface area contributed by atoms with E-state index in [4.69, 9.17) is 5.84 Å². The molecule has 1 aromatic heterocycles. The molecular formula is C13H12BrF3N6O2S. The van der Waals surface area contributed by atoms with Crippen LogP contribution in [0.4, 0.5) is 18.9 Å². The second-order valence-corrected chi connectivity index (χ2v) is 6.56. The largest absolute Gasteiger partial charge is 0.453 e. The molecule has 2 aromatic rings. The lowest BCUT2D eigenvalue weighted by atomic mass is 10.3. The number of nitrogens with two attached hydrogens (primary N) is 1. The average molecular weight is 453 g/mol. The van der Waals surface area contributed by atoms with Gasteiger partial charge >= 0.3 is 6.18 Å². The minimum absolute atomic E-state index is 0.261. The number of nitrogens with one attached hydrogen (secondary N) is 2. The zero-order valence-electron chi connectivity index (χ0n) is 12.9. The number of nitrogens with zero attached hydrogens (tertiary/aromatic N) is 3. The highest BCUT2D eigenvalue weighted by molar-refractivity contribution is 9.10. The summed E-state index contributed by atoms with van der Waals surface area (Å²) in [6, 6.07) is 6.92. The number of para-hydroxylation sites is 1. The topological polar surface area (TPSA) is 115 Å². The van der Waals surface area contributed by atoms with Crippen LogP contribution >= 0.6 is 27.7 Å². The fourth-order valence-corrected chi connectivity index (χ4v) is 2.76. The van der Waals surface area contributed by atoms with Crippen molar-refractivity contribution in [1.29, 1.82) is 0 Å². The Hall–Kier alpha value is -2.28. The third-order valence-electron chi connectivity index (χ3n) is 2.84. The molecule has 13 heteroatoms. The highest BCUT2D eigenvalue weighted by Crippen LogP contribution is 2.28. The van der Waals surface area contributed by atoms with Gasteiger partial charge in [0.05, 0.1) is 18.0 Å². The van der Waals surface area contributed by atoms with Crippen molar-refractivity contribution < 1.29 is 22.8 Å². The lowest BCUT2D eigenvalue weighted by molar-refractivity contribution is -0.146. The summed E-state index contributed by atoms with van der Waals surface area (Å²) in [5, 5.41) is 10.9. The summed E-state index contributed by atoms with van der Waals surface area (Å²) < 4.78 is 38.6. The summed E-state index contributed by atoms with van der Waals surface area (Å²) in [6.07, 6.45) is -4.74. The number of hydrogen-bond donors (Lipinski definition) is 3. The molecule has 0 unspecified atom stereocenters. The molecule has 26 heavy (non-hydrogen) atoms. The van der Waals surface area contributed by atoms with Gasteiger partial charge in [-0.3, -0.25) is 9.59 Å². The number of hydrogen-bond acceptors (Lipinski definition) is 6. The van der Waals surface area contributed by atoms with Crippen molar-refractivity contribution in [3.05, 3.63) is 34.6 Å². The molecule has 2 rings (SSSR count). The molecule has 0 aliphatic carbocycles. The second-order valence-electron chi connectivity index (χ2n) is 4.77. The van der Waals surface area contributed by atoms with E-state index in [9.17, 15) is 22.8 Å². The van der Waals surface area contributed by atoms with Crippen LogP contribution in [0.3, 0.4) is 0 Å². The van der Waals surface area contributed by atoms with Crippen molar-refractivity contribution >= 4 is 45.2 Å². The van der Waals surface area contributed by atoms with E-state index in [1.165, 1.54) is 0 Å². The van der Waals surface area contributed by atoms with E-state index < -0.39 is 23.8 Å². The van der Waals surface area contributed by atoms with Crippen LogP contribution in [-0.4, -0.2) is 39.0 Å². The van der Waals surface area contributed by atoms with Gasteiger partial charge in [-0.1, -0.05) is 23.9 Å². The predicted molar refractivity (Wildman–Crippen MR) is 91.7 cm³/mol. The Bertz CT molecular complexity index is 813. The fourth-order valence-electron chi connectivity index (χ4n) is 1.69. The molecule has 0 spiro atoms. The molecule has 0 saturated carbocycles. The van der Waals surface area contributed by atoms with Crippen molar-refractivity contribution in [3.8, 4) is 0 Å². The first-order chi connectivity index (χ1) is 12.2. The van der Waals surface area contributed by atoms with Gasteiger partial charge in [0.15, 0.2) is 0 Å². The van der Waals surface area contributed by atoms with Crippen LogP contribution in [0.1, 0.15) is 5.82 Å². The molecule has 140 valence electrons. The second kappa shape index (κ2) is 8.40. The maximum absolute atomic E-state index is 12.5. The number of anilines is 1. The molecule has 0 atom stereocenters. The van der Waals surface area contributed by atoms with Crippen molar-refractivity contribution in [3.63, 3.8) is 0 Å². The molecule has 8 nitrogen and oxygen atoms in total. The van der Waals surface area contributed by atoms with Gasteiger partial charge < -0.3 is 16.5 Å². The molecule has 0 radical (unpaired) electrons. The van der Waals surface area contributed by atoms with Crippen LogP contribution in [0.5, 0.6) is 0 Å². The van der Waals surface area contributed by atoms with Gasteiger partial charge in [-0.2, -0.15) is 13.2 Å². The molecule has 0 aliphatic heterocycles. The fraction of sp³-hybridized carbons (Fsp3) is 0.231. The number of carbonyl (C=O) groups excluding carboxylic acids is 2. The summed E-state index contributed by atoms with van der Waals surface area (Å²) in [5.74, 6) is 2.56. The number of rotatable bonds is 6. The number of nitrogen functional groups attached to an aromatic ring is 1. The van der Waals surface area contributed by atoms with Gasteiger partial charge in [-0.05, 0) is 28.1 Å². The Morgan fingerprint density at radius 3 is 2.54 bits per heavy atom. The molecule has 1 aromatic carbocycles. The van der Waals surface area contributed by atoms with E-state index in [0.29, 0.717) is 21.9 Å². The lowest BCUT2D eigenvalue weighted by Gasteiger charge is -2.08. The number of halogens is 4. The van der Waals surface area contributed by atoms with Crippen molar-refractivity contribution in [2.45, 2.75) is 11.3 Å². The van der Waals surface area contributed by atoms with Crippen molar-refractivity contribution in [1.82, 2.24) is 20.2 Å². The Morgan fingerprint density at radius 1 is 1.23 bits per heavy atom. The monoisotopic (exact) mass is 452 g/mol. The molecule has 0 fully saturated rings. The van der Waals surface area contributed by atoms with Crippen LogP contribution in [0, 0.1) is 0 Å². The third kappa shape index (κ3) is 5.36. The SMILES string of the molecule is Nn1c(SCC(=O)NCC(=O)Nc2ccccc2Br)nnc1C(F)(F)F. The summed E-state index contributed by atoms with van der Waals surface area (Å²) in [5.41, 5.74) is 0.539. The van der Waals surface area contributed by atoms with Gasteiger partial charge in [0.25, 0.3) is 5.82 Å². The first kappa shape index (κ1) is 20.0. The zero-order chi connectivity index (χ0) is 19.3. The van der Waals surface area contributed by atoms with Crippen molar-refractivity contribution in [2.75, 3.05) is 23.5 Å². The number of amides is 2. The Balaban J connectivity index is 1.80. The maximum Gasteiger partial charge on any atom is 0.453 e. The van der Waals surface area contributed by atoms with E-state index in [1.54, 1.807) is 24.3 Å². The third-order valence-corrected chi connectivity index (χ3v) is 4.48. The number of thioether (sulfide) groups is 1. The Morgan fingerprint density at radius 2 is 1.92 bits per heavy atom. The highest BCUT2D eigenvalue weighted by atomic mass is 79.9. The van der Waals surface area contributed by atoms with Gasteiger partial charge in [0, 0.05) is 4.47 Å². The number of aromatic nitrogens is 3. The molecule has 2 amide bonds. The smallest absolute Gasteiger partial charge is 0.346 e. The predicted octanol–water partition coefficient (Wildman–Crippen LogP) is 1.62. The summed E-state index contributed by atoms with van der Waals surface area (Å²) >= 11 is 3.93. The first-order valence-corrected chi connectivity index (χ1v) is 8.68. The molecule has 4 N–H and O–H groups in total. The molecule has 0 aliphatic rings. The standard InChI is InChI=1S/C13H12BrF3N6O2S/c14-7-3-1-2-4-8(7)20-9(24)5-19-10(25)6-26-12-22-21-11(23(12)18)13(15,16)17/h1-4H,5-6,18H2,(H,19,25)(H,20,24). The van der Waals surface area contributed by atoms with Crippen LogP contribution in [-0.2, 0) is 15.8 Å². The summed E-state index contributed by atoms with van der Waals surface area (Å²) in [7, 11) is 0. The minimum Gasteiger partial charge on any atom is -0.346 e. The van der Waals surface area contributed by atoms with E-state index >= 15 is 0 Å². The maximum atomic E-state index is 12.5. The quantitative estimate of drug-likeness (QED) is 0.453. The molecule has 1 heterocycles. The highest BCUT2D eigenvalue weighted by Gasteiger charge is 2.38. The summed E-state index contributed by atoms with van der Waals surface area (Å²) in [6.45, 7) is -0.302. The average Bonchev–Trinajstić information content (AvgIpc) is 2.94. The van der Waals surface area contributed by atoms with E-state index in [-0.39, 0.29) is 22.1 Å². The normalized spacial score (nSPS) is 11.2. The lowest BCUT2D eigenvalue weighted by Crippen LogP contribution is -2.34. The number of benzene rings is 1. The number of carbonyl (C=O) groups is 2. The zero-order valence-corrected chi connectivity index (χ0v) is 15.3. The Kier molecular flexibility index (Phi) is 6.47. The molecular weight excluding hydrogens is 441 g/mol. The Labute approximate surface area is 157 Å². The van der Waals surface area contributed by atoms with Crippen LogP contribution < -0.4 is 16.5 Å². The van der Waals surface area contributed by atoms with Crippen LogP contribution in [0.15, 0.2) is 33.9 Å². The number of alkyl halides is 3. The van der Waals surface area contributed by atoms with E-state index in [1.807, 2.05) is 0 Å². The van der Waals surface area contributed by atoms with Crippen molar-refractivity contribution in [2.24, 2.45) is 0 Å². The minimum atomic E-state index is -4.74. The molecule has 0 bridgehead atoms. The molecule has 0 saturated heterocycles. The van der Waals surface area contributed by atoms with Gasteiger partial charge in [0.2, 0.25) is 17.0 Å².